The minimum absolute atomic E-state index is 0.656. The number of rotatable bonds is 2. The molecule has 0 radical (unpaired) electrons. The largest absolute Gasteiger partial charge is 0.248 e. The number of pyridine rings is 1. The topological polar surface area (TPSA) is 56.5 Å². The van der Waals surface area contributed by atoms with Crippen molar-refractivity contribution in [1.29, 1.82) is 0 Å². The Kier molecular flexibility index (Phi) is 3.40. The molecule has 0 fully saturated rings. The summed E-state index contributed by atoms with van der Waals surface area (Å²) in [4.78, 5) is 4.76. The lowest BCUT2D eigenvalue weighted by Gasteiger charge is -2.12. The Morgan fingerprint density at radius 1 is 0.731 bits per heavy atom. The normalized spacial score (nSPS) is 11.3. The Labute approximate surface area is 153 Å². The fourth-order valence-electron chi connectivity index (χ4n) is 3.16. The molecule has 0 unspecified atom stereocenters. The quantitative estimate of drug-likeness (QED) is 0.430. The number of tetrazole rings is 1. The number of fused-ring (bicyclic) bond motifs is 2. The van der Waals surface area contributed by atoms with Gasteiger partial charge in [0.2, 0.25) is 0 Å². The molecule has 5 aromatic rings. The summed E-state index contributed by atoms with van der Waals surface area (Å²) in [7, 11) is 0. The van der Waals surface area contributed by atoms with E-state index in [0.29, 0.717) is 10.8 Å². The van der Waals surface area contributed by atoms with Crippen LogP contribution < -0.4 is 0 Å². The molecule has 0 spiro atoms. The van der Waals surface area contributed by atoms with Crippen LogP contribution in [0.5, 0.6) is 0 Å². The van der Waals surface area contributed by atoms with E-state index < -0.39 is 0 Å². The molecular formula is C20H12ClN5. The summed E-state index contributed by atoms with van der Waals surface area (Å²) in [5, 5.41) is 15.1. The van der Waals surface area contributed by atoms with E-state index >= 15 is 0 Å². The minimum Gasteiger partial charge on any atom is -0.248 e. The summed E-state index contributed by atoms with van der Waals surface area (Å²) in [6.07, 6.45) is 0. The van der Waals surface area contributed by atoms with Crippen molar-refractivity contribution in [3.8, 4) is 17.1 Å². The van der Waals surface area contributed by atoms with Crippen LogP contribution in [0.25, 0.3) is 38.9 Å². The summed E-state index contributed by atoms with van der Waals surface area (Å²) in [5.41, 5.74) is 3.61. The molecule has 0 aliphatic carbocycles. The van der Waals surface area contributed by atoms with Gasteiger partial charge in [-0.3, -0.25) is 0 Å². The van der Waals surface area contributed by atoms with Crippen molar-refractivity contribution in [2.45, 2.75) is 0 Å². The number of hydrogen-bond acceptors (Lipinski definition) is 4. The van der Waals surface area contributed by atoms with Crippen molar-refractivity contribution in [1.82, 2.24) is 25.2 Å². The molecule has 0 atom stereocenters. The highest BCUT2D eigenvalue weighted by Gasteiger charge is 2.17. The molecule has 5 rings (SSSR count). The van der Waals surface area contributed by atoms with Crippen LogP contribution in [-0.4, -0.2) is 25.2 Å². The predicted molar refractivity (Wildman–Crippen MR) is 102 cm³/mol. The summed E-state index contributed by atoms with van der Waals surface area (Å²) in [5.74, 6) is 0.656. The Bertz CT molecular complexity index is 1190. The third-order valence-corrected chi connectivity index (χ3v) is 4.59. The van der Waals surface area contributed by atoms with Gasteiger partial charge in [0.25, 0.3) is 0 Å². The second-order valence-corrected chi connectivity index (χ2v) is 6.35. The van der Waals surface area contributed by atoms with Crippen LogP contribution in [0.4, 0.5) is 0 Å². The van der Waals surface area contributed by atoms with Crippen molar-refractivity contribution >= 4 is 33.4 Å². The number of hydrogen-bond donors (Lipinski definition) is 0. The van der Waals surface area contributed by atoms with Crippen LogP contribution in [0.1, 0.15) is 0 Å². The molecule has 2 heterocycles. The smallest absolute Gasteiger partial charge is 0.187 e. The fourth-order valence-corrected chi connectivity index (χ4v) is 3.29. The van der Waals surface area contributed by atoms with Crippen LogP contribution >= 0.6 is 11.6 Å². The second-order valence-electron chi connectivity index (χ2n) is 5.92. The molecular weight excluding hydrogens is 346 g/mol. The van der Waals surface area contributed by atoms with Gasteiger partial charge in [-0.05, 0) is 46.8 Å². The van der Waals surface area contributed by atoms with Crippen molar-refractivity contribution in [3.05, 3.63) is 77.8 Å². The highest BCUT2D eigenvalue weighted by Crippen LogP contribution is 2.31. The third kappa shape index (κ3) is 2.33. The van der Waals surface area contributed by atoms with E-state index in [4.69, 9.17) is 16.6 Å². The summed E-state index contributed by atoms with van der Waals surface area (Å²) < 4.78 is 1.77. The van der Waals surface area contributed by atoms with Gasteiger partial charge in [-0.25, -0.2) is 4.98 Å². The first-order chi connectivity index (χ1) is 12.8. The zero-order valence-electron chi connectivity index (χ0n) is 13.5. The first kappa shape index (κ1) is 15.0. The summed E-state index contributed by atoms with van der Waals surface area (Å²) >= 11 is 6.02. The molecule has 3 aromatic carbocycles. The monoisotopic (exact) mass is 357 g/mol. The van der Waals surface area contributed by atoms with Gasteiger partial charge in [0, 0.05) is 21.4 Å². The maximum absolute atomic E-state index is 6.02. The molecule has 0 saturated heterocycles. The Balaban J connectivity index is 1.87. The summed E-state index contributed by atoms with van der Waals surface area (Å²) in [6.45, 7) is 0. The fraction of sp³-hybridized carbons (Fsp3) is 0. The summed E-state index contributed by atoms with van der Waals surface area (Å²) in [6, 6.07) is 23.5. The molecule has 0 aliphatic rings. The number of benzene rings is 3. The third-order valence-electron chi connectivity index (χ3n) is 4.34. The van der Waals surface area contributed by atoms with Crippen molar-refractivity contribution < 1.29 is 0 Å². The Morgan fingerprint density at radius 3 is 2.00 bits per heavy atom. The molecule has 0 amide bonds. The van der Waals surface area contributed by atoms with E-state index in [1.807, 2.05) is 72.8 Å². The van der Waals surface area contributed by atoms with Crippen LogP contribution in [0.2, 0.25) is 5.02 Å². The zero-order valence-corrected chi connectivity index (χ0v) is 14.3. The Hall–Kier alpha value is -3.31. The van der Waals surface area contributed by atoms with E-state index in [2.05, 4.69) is 15.5 Å². The molecule has 0 aliphatic heterocycles. The van der Waals surface area contributed by atoms with Crippen molar-refractivity contribution in [2.24, 2.45) is 0 Å². The number of nitrogens with zero attached hydrogens (tertiary/aromatic N) is 5. The standard InChI is InChI=1S/C20H12ClN5/c21-14-11-9-13(10-12-14)20-23-24-25-26(20)19-15-5-1-3-7-17(15)22-18-8-4-2-6-16(18)19/h1-12H. The van der Waals surface area contributed by atoms with Gasteiger partial charge in [0.05, 0.1) is 16.7 Å². The first-order valence-electron chi connectivity index (χ1n) is 8.13. The van der Waals surface area contributed by atoms with Gasteiger partial charge < -0.3 is 0 Å². The number of aromatic nitrogens is 5. The van der Waals surface area contributed by atoms with E-state index in [9.17, 15) is 0 Å². The molecule has 2 aromatic heterocycles. The first-order valence-corrected chi connectivity index (χ1v) is 8.51. The van der Waals surface area contributed by atoms with Gasteiger partial charge in [-0.1, -0.05) is 48.0 Å². The zero-order chi connectivity index (χ0) is 17.5. The van der Waals surface area contributed by atoms with Crippen LogP contribution in [0.3, 0.4) is 0 Å². The van der Waals surface area contributed by atoms with Gasteiger partial charge in [-0.15, -0.1) is 5.10 Å². The molecule has 6 heteroatoms. The van der Waals surface area contributed by atoms with Crippen LogP contribution in [-0.2, 0) is 0 Å². The highest BCUT2D eigenvalue weighted by atomic mass is 35.5. The van der Waals surface area contributed by atoms with Gasteiger partial charge in [0.1, 0.15) is 0 Å². The minimum atomic E-state index is 0.656. The predicted octanol–water partition coefficient (Wildman–Crippen LogP) is 4.68. The average Bonchev–Trinajstić information content (AvgIpc) is 3.16. The van der Waals surface area contributed by atoms with Gasteiger partial charge in [0.15, 0.2) is 5.82 Å². The highest BCUT2D eigenvalue weighted by molar-refractivity contribution is 6.30. The Morgan fingerprint density at radius 2 is 1.35 bits per heavy atom. The molecule has 0 N–H and O–H groups in total. The second kappa shape index (κ2) is 5.89. The maximum Gasteiger partial charge on any atom is 0.187 e. The molecule has 26 heavy (non-hydrogen) atoms. The number of halogens is 1. The van der Waals surface area contributed by atoms with Crippen molar-refractivity contribution in [2.75, 3.05) is 0 Å². The SMILES string of the molecule is Clc1ccc(-c2nnnn2-c2c3ccccc3nc3ccccc23)cc1. The van der Waals surface area contributed by atoms with Crippen molar-refractivity contribution in [3.63, 3.8) is 0 Å². The lowest BCUT2D eigenvalue weighted by Crippen LogP contribution is -2.03. The van der Waals surface area contributed by atoms with Gasteiger partial charge in [-0.2, -0.15) is 4.68 Å². The molecule has 0 bridgehead atoms. The van der Waals surface area contributed by atoms with E-state index in [1.54, 1.807) is 4.68 Å². The van der Waals surface area contributed by atoms with Crippen LogP contribution in [0.15, 0.2) is 72.8 Å². The molecule has 124 valence electrons. The van der Waals surface area contributed by atoms with E-state index in [1.165, 1.54) is 0 Å². The van der Waals surface area contributed by atoms with E-state index in [0.717, 1.165) is 33.1 Å². The lowest BCUT2D eigenvalue weighted by molar-refractivity contribution is 0.798. The molecule has 5 nitrogen and oxygen atoms in total. The van der Waals surface area contributed by atoms with Crippen LogP contribution in [0, 0.1) is 0 Å². The lowest BCUT2D eigenvalue weighted by atomic mass is 10.1. The average molecular weight is 358 g/mol. The molecule has 0 saturated carbocycles. The number of para-hydroxylation sites is 2. The maximum atomic E-state index is 6.02. The van der Waals surface area contributed by atoms with Gasteiger partial charge >= 0.3 is 0 Å². The van der Waals surface area contributed by atoms with E-state index in [-0.39, 0.29) is 0 Å².